The zero-order valence-corrected chi connectivity index (χ0v) is 13.7. The van der Waals surface area contributed by atoms with Crippen molar-refractivity contribution < 1.29 is 18.7 Å². The molecule has 0 radical (unpaired) electrons. The van der Waals surface area contributed by atoms with Crippen LogP contribution in [0.25, 0.3) is 11.0 Å². The van der Waals surface area contributed by atoms with E-state index in [2.05, 4.69) is 10.6 Å². The van der Waals surface area contributed by atoms with E-state index < -0.39 is 0 Å². The third kappa shape index (κ3) is 4.32. The number of hydrogen-bond acceptors (Lipinski definition) is 4. The van der Waals surface area contributed by atoms with Gasteiger partial charge in [-0.2, -0.15) is 0 Å². The van der Waals surface area contributed by atoms with Crippen molar-refractivity contribution in [3.63, 3.8) is 0 Å². The number of carbonyl (C=O) groups excluding carboxylic acids is 2. The summed E-state index contributed by atoms with van der Waals surface area (Å²) >= 11 is 0. The Morgan fingerprint density at radius 2 is 1.96 bits per heavy atom. The Labute approximate surface area is 135 Å². The molecule has 2 rings (SSSR count). The number of fused-ring (bicyclic) bond motifs is 1. The Morgan fingerprint density at radius 3 is 2.70 bits per heavy atom. The number of nitrogens with one attached hydrogen (secondary N) is 2. The normalized spacial score (nSPS) is 10.7. The molecule has 0 saturated heterocycles. The molecule has 1 aromatic heterocycles. The maximum absolute atomic E-state index is 12.0. The van der Waals surface area contributed by atoms with Gasteiger partial charge in [0.15, 0.2) is 0 Å². The standard InChI is InChI=1S/C17H22N2O4/c1-11-4-5-14-13(10-23-17(14)12(11)2)8-15(20)19-9-16(21)18-6-7-22-3/h4-5,10H,6-9H2,1-3H3,(H,18,21)(H,19,20). The van der Waals surface area contributed by atoms with Gasteiger partial charge in [-0.1, -0.05) is 12.1 Å². The first-order chi connectivity index (χ1) is 11.0. The summed E-state index contributed by atoms with van der Waals surface area (Å²) in [4.78, 5) is 23.5. The lowest BCUT2D eigenvalue weighted by molar-refractivity contribution is -0.125. The van der Waals surface area contributed by atoms with Gasteiger partial charge >= 0.3 is 0 Å². The van der Waals surface area contributed by atoms with Crippen LogP contribution in [0.2, 0.25) is 0 Å². The molecule has 6 nitrogen and oxygen atoms in total. The van der Waals surface area contributed by atoms with E-state index in [4.69, 9.17) is 9.15 Å². The molecule has 0 aliphatic rings. The van der Waals surface area contributed by atoms with Crippen molar-refractivity contribution in [2.45, 2.75) is 20.3 Å². The van der Waals surface area contributed by atoms with Gasteiger partial charge < -0.3 is 19.8 Å². The van der Waals surface area contributed by atoms with Crippen molar-refractivity contribution in [2.75, 3.05) is 26.8 Å². The lowest BCUT2D eigenvalue weighted by Gasteiger charge is -2.06. The monoisotopic (exact) mass is 318 g/mol. The van der Waals surface area contributed by atoms with Gasteiger partial charge in [-0.05, 0) is 25.0 Å². The van der Waals surface area contributed by atoms with Crippen LogP contribution in [0, 0.1) is 13.8 Å². The maximum Gasteiger partial charge on any atom is 0.239 e. The van der Waals surface area contributed by atoms with Gasteiger partial charge in [0, 0.05) is 24.6 Å². The van der Waals surface area contributed by atoms with Crippen molar-refractivity contribution in [3.05, 3.63) is 35.1 Å². The molecule has 0 atom stereocenters. The van der Waals surface area contributed by atoms with E-state index in [9.17, 15) is 9.59 Å². The summed E-state index contributed by atoms with van der Waals surface area (Å²) in [5, 5.41) is 6.19. The van der Waals surface area contributed by atoms with Crippen LogP contribution in [0.3, 0.4) is 0 Å². The average Bonchev–Trinajstić information content (AvgIpc) is 2.93. The SMILES string of the molecule is COCCNC(=O)CNC(=O)Cc1coc2c(C)c(C)ccc12. The number of rotatable bonds is 7. The first-order valence-electron chi connectivity index (χ1n) is 7.51. The predicted octanol–water partition coefficient (Wildman–Crippen LogP) is 1.47. The smallest absolute Gasteiger partial charge is 0.239 e. The van der Waals surface area contributed by atoms with Crippen molar-refractivity contribution in [1.29, 1.82) is 0 Å². The topological polar surface area (TPSA) is 80.6 Å². The minimum Gasteiger partial charge on any atom is -0.464 e. The lowest BCUT2D eigenvalue weighted by Crippen LogP contribution is -2.38. The van der Waals surface area contributed by atoms with Crippen molar-refractivity contribution >= 4 is 22.8 Å². The van der Waals surface area contributed by atoms with E-state index >= 15 is 0 Å². The molecule has 0 fully saturated rings. The van der Waals surface area contributed by atoms with Crippen LogP contribution in [0.15, 0.2) is 22.8 Å². The third-order valence-electron chi connectivity index (χ3n) is 3.77. The fourth-order valence-corrected chi connectivity index (χ4v) is 2.29. The predicted molar refractivity (Wildman–Crippen MR) is 87.3 cm³/mol. The van der Waals surface area contributed by atoms with Crippen molar-refractivity contribution in [3.8, 4) is 0 Å². The van der Waals surface area contributed by atoms with E-state index in [0.29, 0.717) is 13.2 Å². The Kier molecular flexibility index (Phi) is 5.76. The highest BCUT2D eigenvalue weighted by molar-refractivity contribution is 5.91. The van der Waals surface area contributed by atoms with E-state index in [-0.39, 0.29) is 24.8 Å². The van der Waals surface area contributed by atoms with Crippen LogP contribution in [0.4, 0.5) is 0 Å². The van der Waals surface area contributed by atoms with E-state index in [1.54, 1.807) is 13.4 Å². The molecule has 1 heterocycles. The summed E-state index contributed by atoms with van der Waals surface area (Å²) in [6.07, 6.45) is 1.79. The lowest BCUT2D eigenvalue weighted by atomic mass is 10.0. The number of benzene rings is 1. The molecule has 124 valence electrons. The van der Waals surface area contributed by atoms with E-state index in [0.717, 1.165) is 27.7 Å². The van der Waals surface area contributed by atoms with Crippen LogP contribution in [0.5, 0.6) is 0 Å². The number of ether oxygens (including phenoxy) is 1. The molecule has 2 aromatic rings. The summed E-state index contributed by atoms with van der Waals surface area (Å²) in [5.74, 6) is -0.452. The van der Waals surface area contributed by atoms with Crippen molar-refractivity contribution in [2.24, 2.45) is 0 Å². The molecule has 0 unspecified atom stereocenters. The molecule has 6 heteroatoms. The summed E-state index contributed by atoms with van der Waals surface area (Å²) in [7, 11) is 1.56. The van der Waals surface area contributed by atoms with Gasteiger partial charge in [0.2, 0.25) is 11.8 Å². The maximum atomic E-state index is 12.0. The zero-order chi connectivity index (χ0) is 16.8. The molecule has 23 heavy (non-hydrogen) atoms. The Bertz CT molecular complexity index is 706. The highest BCUT2D eigenvalue weighted by Crippen LogP contribution is 2.26. The summed E-state index contributed by atoms with van der Waals surface area (Å²) < 4.78 is 10.4. The zero-order valence-electron chi connectivity index (χ0n) is 13.7. The van der Waals surface area contributed by atoms with Gasteiger partial charge in [0.1, 0.15) is 5.58 Å². The molecule has 1 aromatic carbocycles. The number of hydrogen-bond donors (Lipinski definition) is 2. The highest BCUT2D eigenvalue weighted by atomic mass is 16.5. The number of aryl methyl sites for hydroxylation is 2. The van der Waals surface area contributed by atoms with Gasteiger partial charge in [0.05, 0.1) is 25.8 Å². The second-order valence-electron chi connectivity index (χ2n) is 5.44. The average molecular weight is 318 g/mol. The molecule has 0 spiro atoms. The molecule has 2 N–H and O–H groups in total. The largest absolute Gasteiger partial charge is 0.464 e. The van der Waals surface area contributed by atoms with Crippen LogP contribution >= 0.6 is 0 Å². The molecule has 0 bridgehead atoms. The van der Waals surface area contributed by atoms with Crippen LogP contribution < -0.4 is 10.6 Å². The van der Waals surface area contributed by atoms with Gasteiger partial charge in [-0.3, -0.25) is 9.59 Å². The fourth-order valence-electron chi connectivity index (χ4n) is 2.29. The van der Waals surface area contributed by atoms with Crippen LogP contribution in [-0.2, 0) is 20.7 Å². The first-order valence-corrected chi connectivity index (χ1v) is 7.51. The molecule has 2 amide bonds. The minimum atomic E-state index is -0.237. The Hall–Kier alpha value is -2.34. The molecule has 0 saturated carbocycles. The summed E-state index contributed by atoms with van der Waals surface area (Å²) in [6.45, 7) is 4.84. The Morgan fingerprint density at radius 1 is 1.17 bits per heavy atom. The number of methoxy groups -OCH3 is 1. The van der Waals surface area contributed by atoms with Crippen LogP contribution in [-0.4, -0.2) is 38.6 Å². The van der Waals surface area contributed by atoms with Gasteiger partial charge in [-0.15, -0.1) is 0 Å². The van der Waals surface area contributed by atoms with Gasteiger partial charge in [-0.25, -0.2) is 0 Å². The molecule has 0 aliphatic heterocycles. The fraction of sp³-hybridized carbons (Fsp3) is 0.412. The highest BCUT2D eigenvalue weighted by Gasteiger charge is 2.13. The molecular weight excluding hydrogens is 296 g/mol. The molecule has 0 aliphatic carbocycles. The number of carbonyl (C=O) groups is 2. The number of furan rings is 1. The summed E-state index contributed by atoms with van der Waals surface area (Å²) in [5.41, 5.74) is 3.85. The molecular formula is C17H22N2O4. The Balaban J connectivity index is 1.91. The van der Waals surface area contributed by atoms with Gasteiger partial charge in [0.25, 0.3) is 0 Å². The quantitative estimate of drug-likeness (QED) is 0.758. The van der Waals surface area contributed by atoms with Crippen LogP contribution in [0.1, 0.15) is 16.7 Å². The van der Waals surface area contributed by atoms with E-state index in [1.165, 1.54) is 0 Å². The first kappa shape index (κ1) is 17.0. The number of amides is 2. The van der Waals surface area contributed by atoms with Crippen molar-refractivity contribution in [1.82, 2.24) is 10.6 Å². The minimum absolute atomic E-state index is 0.0452. The second kappa shape index (κ2) is 7.78. The summed E-state index contributed by atoms with van der Waals surface area (Å²) in [6, 6.07) is 3.97. The third-order valence-corrected chi connectivity index (χ3v) is 3.77. The van der Waals surface area contributed by atoms with E-state index in [1.807, 2.05) is 26.0 Å². The second-order valence-corrected chi connectivity index (χ2v) is 5.44.